The summed E-state index contributed by atoms with van der Waals surface area (Å²) in [5, 5.41) is 0. The lowest BCUT2D eigenvalue weighted by Gasteiger charge is -2.16. The van der Waals surface area contributed by atoms with Crippen molar-refractivity contribution in [1.29, 1.82) is 0 Å². The monoisotopic (exact) mass is 434 g/mol. The fourth-order valence-electron chi connectivity index (χ4n) is 4.95. The minimum absolute atomic E-state index is 0.0803. The van der Waals surface area contributed by atoms with Gasteiger partial charge in [-0.3, -0.25) is 4.79 Å². The Labute approximate surface area is 199 Å². The van der Waals surface area contributed by atoms with Crippen LogP contribution in [0.4, 0.5) is 0 Å². The van der Waals surface area contributed by atoms with E-state index in [4.69, 9.17) is 0 Å². The molecule has 0 bridgehead atoms. The molecule has 1 heteroatoms. The fourth-order valence-corrected chi connectivity index (χ4v) is 4.95. The molecule has 1 aliphatic rings. The normalized spacial score (nSPS) is 12.6. The van der Waals surface area contributed by atoms with Crippen LogP contribution in [0, 0.1) is 0 Å². The Bertz CT molecular complexity index is 1510. The molecule has 0 radical (unpaired) electrons. The van der Waals surface area contributed by atoms with Crippen LogP contribution in [0.5, 0.6) is 0 Å². The van der Waals surface area contributed by atoms with Gasteiger partial charge in [0.05, 0.1) is 0 Å². The average Bonchev–Trinajstić information content (AvgIpc) is 3.23. The number of hydrogen-bond acceptors (Lipinski definition) is 1. The molecule has 1 nitrogen and oxygen atoms in total. The molecule has 5 aromatic carbocycles. The summed E-state index contributed by atoms with van der Waals surface area (Å²) in [5.41, 5.74) is 9.77. The number of hydrogen-bond donors (Lipinski definition) is 0. The Morgan fingerprint density at radius 2 is 0.676 bits per heavy atom. The first-order valence-electron chi connectivity index (χ1n) is 11.5. The van der Waals surface area contributed by atoms with E-state index in [1.807, 2.05) is 84.9 Å². The highest BCUT2D eigenvalue weighted by atomic mass is 16.1. The second-order valence-corrected chi connectivity index (χ2v) is 8.45. The Hall–Kier alpha value is -4.49. The van der Waals surface area contributed by atoms with Crippen LogP contribution in [0.3, 0.4) is 0 Å². The van der Waals surface area contributed by atoms with E-state index >= 15 is 0 Å². The predicted octanol–water partition coefficient (Wildman–Crippen LogP) is 8.18. The van der Waals surface area contributed by atoms with Crippen LogP contribution in [0.15, 0.2) is 133 Å². The van der Waals surface area contributed by atoms with E-state index in [1.54, 1.807) is 0 Å². The summed E-state index contributed by atoms with van der Waals surface area (Å²) in [5.74, 6) is 0.0803. The van der Waals surface area contributed by atoms with Crippen LogP contribution in [0.1, 0.15) is 27.0 Å². The molecule has 0 fully saturated rings. The van der Waals surface area contributed by atoms with Gasteiger partial charge in [-0.25, -0.2) is 0 Å². The van der Waals surface area contributed by atoms with Gasteiger partial charge in [-0.15, -0.1) is 0 Å². The van der Waals surface area contributed by atoms with Crippen LogP contribution < -0.4 is 0 Å². The lowest BCUT2D eigenvalue weighted by atomic mass is 9.86. The first-order valence-corrected chi connectivity index (χ1v) is 11.5. The molecule has 0 aromatic heterocycles. The van der Waals surface area contributed by atoms with Crippen LogP contribution in [-0.2, 0) is 0 Å². The van der Waals surface area contributed by atoms with Crippen molar-refractivity contribution in [3.8, 4) is 22.3 Å². The fraction of sp³-hybridized carbons (Fsp3) is 0. The largest absolute Gasteiger partial charge is 0.289 e. The molecule has 0 atom stereocenters. The lowest BCUT2D eigenvalue weighted by Crippen LogP contribution is -2.02. The Kier molecular flexibility index (Phi) is 5.01. The van der Waals surface area contributed by atoms with Gasteiger partial charge in [0.2, 0.25) is 0 Å². The molecule has 0 spiro atoms. The van der Waals surface area contributed by atoms with E-state index in [2.05, 4.69) is 48.5 Å². The molecular weight excluding hydrogens is 412 g/mol. The third-order valence-electron chi connectivity index (χ3n) is 6.45. The number of ketones is 1. The van der Waals surface area contributed by atoms with E-state index < -0.39 is 0 Å². The molecule has 5 aromatic rings. The summed E-state index contributed by atoms with van der Waals surface area (Å²) in [6.07, 6.45) is 0. The smallest absolute Gasteiger partial charge is 0.195 e. The minimum Gasteiger partial charge on any atom is -0.289 e. The molecule has 0 saturated carbocycles. The molecule has 160 valence electrons. The van der Waals surface area contributed by atoms with Crippen molar-refractivity contribution in [3.05, 3.63) is 156 Å². The lowest BCUT2D eigenvalue weighted by molar-refractivity contribution is 0.106. The molecule has 0 amide bonds. The van der Waals surface area contributed by atoms with Crippen LogP contribution in [-0.4, -0.2) is 5.78 Å². The van der Waals surface area contributed by atoms with Crippen LogP contribution in [0.25, 0.3) is 33.4 Å². The molecule has 1 aliphatic carbocycles. The maximum absolute atomic E-state index is 14.3. The number of allylic oxidation sites excluding steroid dienone is 1. The molecular formula is C33H22O. The first kappa shape index (κ1) is 20.1. The zero-order chi connectivity index (χ0) is 22.9. The average molecular weight is 435 g/mol. The highest BCUT2D eigenvalue weighted by molar-refractivity contribution is 6.43. The SMILES string of the molecule is O=C1C(c2ccccc2)=C(c2ccccc2)c2c(-c3ccccc3)ccc(-c3ccccc3)c21. The van der Waals surface area contributed by atoms with Gasteiger partial charge in [-0.1, -0.05) is 133 Å². The van der Waals surface area contributed by atoms with E-state index in [0.717, 1.165) is 55.7 Å². The van der Waals surface area contributed by atoms with Crippen LogP contribution in [0.2, 0.25) is 0 Å². The molecule has 0 heterocycles. The highest BCUT2D eigenvalue weighted by Crippen LogP contribution is 2.49. The number of carbonyl (C=O) groups excluding carboxylic acids is 1. The van der Waals surface area contributed by atoms with Crippen molar-refractivity contribution in [2.24, 2.45) is 0 Å². The Balaban J connectivity index is 1.74. The Morgan fingerprint density at radius 1 is 0.324 bits per heavy atom. The molecule has 0 saturated heterocycles. The van der Waals surface area contributed by atoms with Crippen molar-refractivity contribution in [1.82, 2.24) is 0 Å². The summed E-state index contributed by atoms with van der Waals surface area (Å²) < 4.78 is 0. The summed E-state index contributed by atoms with van der Waals surface area (Å²) in [7, 11) is 0. The minimum atomic E-state index is 0.0803. The van der Waals surface area contributed by atoms with Gasteiger partial charge in [-0.05, 0) is 33.4 Å². The number of benzene rings is 5. The van der Waals surface area contributed by atoms with E-state index in [9.17, 15) is 4.79 Å². The number of rotatable bonds is 4. The number of Topliss-reactive ketones (excluding diaryl/α,β-unsaturated/α-hetero) is 1. The zero-order valence-electron chi connectivity index (χ0n) is 18.6. The van der Waals surface area contributed by atoms with Gasteiger partial charge < -0.3 is 0 Å². The molecule has 0 aliphatic heterocycles. The van der Waals surface area contributed by atoms with E-state index in [1.165, 1.54) is 0 Å². The zero-order valence-corrected chi connectivity index (χ0v) is 18.6. The first-order chi connectivity index (χ1) is 16.8. The third kappa shape index (κ3) is 3.30. The second kappa shape index (κ2) is 8.46. The summed E-state index contributed by atoms with van der Waals surface area (Å²) in [4.78, 5) is 14.3. The van der Waals surface area contributed by atoms with Gasteiger partial charge in [0.15, 0.2) is 5.78 Å². The number of fused-ring (bicyclic) bond motifs is 1. The topological polar surface area (TPSA) is 17.1 Å². The van der Waals surface area contributed by atoms with Crippen molar-refractivity contribution >= 4 is 16.9 Å². The highest BCUT2D eigenvalue weighted by Gasteiger charge is 2.35. The van der Waals surface area contributed by atoms with Gasteiger partial charge >= 0.3 is 0 Å². The standard InChI is InChI=1S/C33H22O/c34-33-30(26-19-11-4-12-20-26)29(25-17-9-3-10-18-25)31-27(23-13-5-1-6-14-23)21-22-28(32(31)33)24-15-7-2-8-16-24/h1-22H. The van der Waals surface area contributed by atoms with Crippen molar-refractivity contribution in [2.45, 2.75) is 0 Å². The van der Waals surface area contributed by atoms with Crippen molar-refractivity contribution < 1.29 is 4.79 Å². The van der Waals surface area contributed by atoms with E-state index in [0.29, 0.717) is 0 Å². The molecule has 6 rings (SSSR count). The third-order valence-corrected chi connectivity index (χ3v) is 6.45. The maximum atomic E-state index is 14.3. The maximum Gasteiger partial charge on any atom is 0.195 e. The molecule has 34 heavy (non-hydrogen) atoms. The van der Waals surface area contributed by atoms with Gasteiger partial charge in [0.1, 0.15) is 0 Å². The molecule has 0 N–H and O–H groups in total. The van der Waals surface area contributed by atoms with Crippen molar-refractivity contribution in [3.63, 3.8) is 0 Å². The quantitative estimate of drug-likeness (QED) is 0.279. The predicted molar refractivity (Wildman–Crippen MR) is 140 cm³/mol. The molecule has 0 unspecified atom stereocenters. The summed E-state index contributed by atoms with van der Waals surface area (Å²) in [6.45, 7) is 0. The van der Waals surface area contributed by atoms with Crippen molar-refractivity contribution in [2.75, 3.05) is 0 Å². The van der Waals surface area contributed by atoms with Crippen LogP contribution >= 0.6 is 0 Å². The number of carbonyl (C=O) groups is 1. The summed E-state index contributed by atoms with van der Waals surface area (Å²) in [6, 6.07) is 45.2. The van der Waals surface area contributed by atoms with E-state index in [-0.39, 0.29) is 5.78 Å². The Morgan fingerprint density at radius 3 is 1.12 bits per heavy atom. The van der Waals surface area contributed by atoms with Gasteiger partial charge in [0, 0.05) is 22.3 Å². The van der Waals surface area contributed by atoms with Gasteiger partial charge in [0.25, 0.3) is 0 Å². The second-order valence-electron chi connectivity index (χ2n) is 8.45. The summed E-state index contributed by atoms with van der Waals surface area (Å²) >= 11 is 0. The van der Waals surface area contributed by atoms with Gasteiger partial charge in [-0.2, -0.15) is 0 Å².